The summed E-state index contributed by atoms with van der Waals surface area (Å²) >= 11 is 6.30. The highest BCUT2D eigenvalue weighted by molar-refractivity contribution is 6.20. The Hall–Kier alpha value is -1.75. The third-order valence-corrected chi connectivity index (χ3v) is 5.17. The minimum atomic E-state index is -0.376. The number of benzene rings is 1. The number of alkyl halides is 1. The molecule has 2 heterocycles. The van der Waals surface area contributed by atoms with Crippen LogP contribution in [0.2, 0.25) is 0 Å². The Bertz CT molecular complexity index is 642. The van der Waals surface area contributed by atoms with Crippen molar-refractivity contribution in [2.24, 2.45) is 0 Å². The van der Waals surface area contributed by atoms with Crippen molar-refractivity contribution in [3.8, 4) is 0 Å². The summed E-state index contributed by atoms with van der Waals surface area (Å²) in [6.07, 6.45) is 1.20. The summed E-state index contributed by atoms with van der Waals surface area (Å²) in [5.41, 5.74) is 2.58. The molecule has 5 nitrogen and oxygen atoms in total. The van der Waals surface area contributed by atoms with E-state index in [1.54, 1.807) is 4.90 Å². The minimum Gasteiger partial charge on any atom is -0.456 e. The maximum atomic E-state index is 12.5. The van der Waals surface area contributed by atoms with Crippen LogP contribution >= 0.6 is 11.6 Å². The van der Waals surface area contributed by atoms with Crippen LogP contribution in [-0.2, 0) is 9.47 Å². The highest BCUT2D eigenvalue weighted by Crippen LogP contribution is 2.40. The van der Waals surface area contributed by atoms with E-state index >= 15 is 0 Å². The lowest BCUT2D eigenvalue weighted by atomic mass is 10.0. The number of nitrogens with zero attached hydrogens (tertiary/aromatic N) is 1. The molecule has 2 saturated heterocycles. The van der Waals surface area contributed by atoms with E-state index < -0.39 is 0 Å². The zero-order valence-electron chi connectivity index (χ0n) is 14.1. The number of carbonyl (C=O) groups excluding carboxylic acids is 2. The van der Waals surface area contributed by atoms with Crippen molar-refractivity contribution < 1.29 is 19.1 Å². The molecule has 1 aromatic rings. The van der Waals surface area contributed by atoms with Crippen LogP contribution in [0.3, 0.4) is 0 Å². The number of esters is 1. The van der Waals surface area contributed by atoms with Crippen molar-refractivity contribution in [3.63, 3.8) is 0 Å². The number of carbonyl (C=O) groups is 2. The fourth-order valence-electron chi connectivity index (χ4n) is 3.93. The van der Waals surface area contributed by atoms with E-state index in [2.05, 4.69) is 0 Å². The number of hydrogen-bond acceptors (Lipinski definition) is 4. The molecule has 0 radical (unpaired) electrons. The van der Waals surface area contributed by atoms with E-state index in [0.29, 0.717) is 24.8 Å². The third kappa shape index (κ3) is 3.22. The Morgan fingerprint density at radius 2 is 1.79 bits per heavy atom. The third-order valence-electron chi connectivity index (χ3n) is 4.81. The van der Waals surface area contributed by atoms with Crippen molar-refractivity contribution in [2.75, 3.05) is 7.11 Å². The maximum absolute atomic E-state index is 12.5. The molecule has 2 bridgehead atoms. The summed E-state index contributed by atoms with van der Waals surface area (Å²) in [7, 11) is 1.37. The SMILES string of the molecule is COC(=O)N1[C@@H]2C[C@H](Cl)C[C@H]1[C@H](OC(=O)c1cc(C)cc(C)c1)C2. The molecule has 1 amide bonds. The van der Waals surface area contributed by atoms with Gasteiger partial charge >= 0.3 is 12.1 Å². The highest BCUT2D eigenvalue weighted by Gasteiger charge is 2.50. The number of ether oxygens (including phenoxy) is 2. The average Bonchev–Trinajstić information content (AvgIpc) is 2.73. The molecule has 1 aromatic carbocycles. The van der Waals surface area contributed by atoms with Gasteiger partial charge in [-0.05, 0) is 38.8 Å². The Balaban J connectivity index is 1.77. The molecule has 0 spiro atoms. The van der Waals surface area contributed by atoms with Crippen LogP contribution in [-0.4, -0.2) is 47.6 Å². The van der Waals surface area contributed by atoms with Crippen molar-refractivity contribution in [3.05, 3.63) is 34.9 Å². The lowest BCUT2D eigenvalue weighted by Crippen LogP contribution is -2.49. The van der Waals surface area contributed by atoms with Crippen LogP contribution in [0.15, 0.2) is 18.2 Å². The molecule has 0 aliphatic carbocycles. The second-order valence-electron chi connectivity index (χ2n) is 6.72. The van der Waals surface area contributed by atoms with Gasteiger partial charge in [0.15, 0.2) is 0 Å². The minimum absolute atomic E-state index is 0.00850. The number of fused-ring (bicyclic) bond motifs is 2. The lowest BCUT2D eigenvalue weighted by molar-refractivity contribution is 0.0164. The summed E-state index contributed by atoms with van der Waals surface area (Å²) in [6, 6.07) is 5.40. The van der Waals surface area contributed by atoms with Gasteiger partial charge in [0.1, 0.15) is 6.10 Å². The summed E-state index contributed by atoms with van der Waals surface area (Å²) in [5, 5.41) is -0.00850. The smallest absolute Gasteiger partial charge is 0.410 e. The van der Waals surface area contributed by atoms with Crippen LogP contribution in [0.25, 0.3) is 0 Å². The second-order valence-corrected chi connectivity index (χ2v) is 7.34. The number of methoxy groups -OCH3 is 1. The summed E-state index contributed by atoms with van der Waals surface area (Å²) in [5.74, 6) is -0.352. The van der Waals surface area contributed by atoms with E-state index in [0.717, 1.165) is 11.1 Å². The normalized spacial score (nSPS) is 28.6. The maximum Gasteiger partial charge on any atom is 0.410 e. The summed E-state index contributed by atoms with van der Waals surface area (Å²) in [6.45, 7) is 3.90. The van der Waals surface area contributed by atoms with E-state index in [9.17, 15) is 9.59 Å². The molecule has 3 rings (SSSR count). The number of aryl methyl sites for hydroxylation is 2. The van der Waals surface area contributed by atoms with Gasteiger partial charge in [0.2, 0.25) is 0 Å². The van der Waals surface area contributed by atoms with Crippen LogP contribution in [0.4, 0.5) is 4.79 Å². The van der Waals surface area contributed by atoms with Crippen molar-refractivity contribution >= 4 is 23.7 Å². The van der Waals surface area contributed by atoms with E-state index in [4.69, 9.17) is 21.1 Å². The monoisotopic (exact) mass is 351 g/mol. The highest BCUT2D eigenvalue weighted by atomic mass is 35.5. The zero-order valence-corrected chi connectivity index (χ0v) is 14.9. The lowest BCUT2D eigenvalue weighted by Gasteiger charge is -2.36. The number of hydrogen-bond donors (Lipinski definition) is 0. The van der Waals surface area contributed by atoms with Crippen molar-refractivity contribution in [1.82, 2.24) is 4.90 Å². The molecular formula is C18H22ClNO4. The Morgan fingerprint density at radius 3 is 2.42 bits per heavy atom. The molecule has 2 fully saturated rings. The average molecular weight is 352 g/mol. The van der Waals surface area contributed by atoms with Gasteiger partial charge in [0.25, 0.3) is 0 Å². The molecule has 130 valence electrons. The van der Waals surface area contributed by atoms with Crippen molar-refractivity contribution in [2.45, 2.75) is 56.7 Å². The van der Waals surface area contributed by atoms with Gasteiger partial charge in [-0.15, -0.1) is 11.6 Å². The topological polar surface area (TPSA) is 55.8 Å². The van der Waals surface area contributed by atoms with Gasteiger partial charge in [-0.3, -0.25) is 4.90 Å². The molecule has 0 aromatic heterocycles. The summed E-state index contributed by atoms with van der Waals surface area (Å²) < 4.78 is 10.6. The Morgan fingerprint density at radius 1 is 1.12 bits per heavy atom. The van der Waals surface area contributed by atoms with E-state index in [-0.39, 0.29) is 35.6 Å². The van der Waals surface area contributed by atoms with E-state index in [1.165, 1.54) is 7.11 Å². The Kier molecular flexibility index (Phi) is 4.72. The van der Waals surface area contributed by atoms with Crippen LogP contribution in [0, 0.1) is 13.8 Å². The van der Waals surface area contributed by atoms with E-state index in [1.807, 2.05) is 32.0 Å². The number of halogens is 1. The predicted molar refractivity (Wildman–Crippen MR) is 90.4 cm³/mol. The van der Waals surface area contributed by atoms with Gasteiger partial charge < -0.3 is 9.47 Å². The Labute approximate surface area is 146 Å². The van der Waals surface area contributed by atoms with Crippen LogP contribution in [0.1, 0.15) is 40.7 Å². The summed E-state index contributed by atoms with van der Waals surface area (Å²) in [4.78, 5) is 26.3. The molecular weight excluding hydrogens is 330 g/mol. The standard InChI is InChI=1S/C18H22ClNO4/c1-10-4-11(2)6-12(5-10)17(21)24-16-9-14-7-13(19)8-15(16)20(14)18(22)23-3/h4-6,13-16H,7-9H2,1-3H3/t13-,14+,15-,16+/m0/s1. The van der Waals surface area contributed by atoms with Gasteiger partial charge in [-0.25, -0.2) is 9.59 Å². The number of piperidine rings is 1. The molecule has 0 unspecified atom stereocenters. The molecule has 0 saturated carbocycles. The molecule has 0 N–H and O–H groups in total. The quantitative estimate of drug-likeness (QED) is 0.605. The predicted octanol–water partition coefficient (Wildman–Crippen LogP) is 3.44. The van der Waals surface area contributed by atoms with Crippen molar-refractivity contribution in [1.29, 1.82) is 0 Å². The van der Waals surface area contributed by atoms with Crippen LogP contribution in [0.5, 0.6) is 0 Å². The molecule has 2 aliphatic heterocycles. The van der Waals surface area contributed by atoms with Gasteiger partial charge in [0.05, 0.1) is 18.7 Å². The molecule has 4 atom stereocenters. The second kappa shape index (κ2) is 6.63. The molecule has 6 heteroatoms. The first-order chi connectivity index (χ1) is 11.4. The zero-order chi connectivity index (χ0) is 17.4. The fraction of sp³-hybridized carbons (Fsp3) is 0.556. The van der Waals surface area contributed by atoms with Gasteiger partial charge in [0, 0.05) is 17.8 Å². The number of amides is 1. The first kappa shape index (κ1) is 17.1. The largest absolute Gasteiger partial charge is 0.456 e. The van der Waals surface area contributed by atoms with Gasteiger partial charge in [-0.1, -0.05) is 17.2 Å². The molecule has 24 heavy (non-hydrogen) atoms. The van der Waals surface area contributed by atoms with Gasteiger partial charge in [-0.2, -0.15) is 0 Å². The molecule has 2 aliphatic rings. The first-order valence-corrected chi connectivity index (χ1v) is 8.62. The number of rotatable bonds is 2. The first-order valence-electron chi connectivity index (χ1n) is 8.18. The fourth-order valence-corrected chi connectivity index (χ4v) is 4.32. The van der Waals surface area contributed by atoms with Crippen LogP contribution < -0.4 is 0 Å².